The van der Waals surface area contributed by atoms with Gasteiger partial charge in [-0.1, -0.05) is 42.5 Å². The number of amides is 1. The van der Waals surface area contributed by atoms with Crippen molar-refractivity contribution in [2.75, 3.05) is 11.9 Å². The largest absolute Gasteiger partial charge is 0.324 e. The third-order valence-corrected chi connectivity index (χ3v) is 3.19. The van der Waals surface area contributed by atoms with E-state index in [2.05, 4.69) is 16.7 Å². The number of hydrogen-bond donors (Lipinski definition) is 2. The van der Waals surface area contributed by atoms with Crippen LogP contribution in [0.1, 0.15) is 24.1 Å². The zero-order valence-corrected chi connectivity index (χ0v) is 11.8. The first-order valence-electron chi connectivity index (χ1n) is 6.78. The van der Waals surface area contributed by atoms with Gasteiger partial charge < -0.3 is 10.6 Å². The van der Waals surface area contributed by atoms with Crippen molar-refractivity contribution in [2.45, 2.75) is 13.0 Å². The van der Waals surface area contributed by atoms with E-state index in [4.69, 9.17) is 5.26 Å². The monoisotopic (exact) mass is 279 g/mol. The third-order valence-electron chi connectivity index (χ3n) is 3.19. The molecule has 0 bridgehead atoms. The average molecular weight is 279 g/mol. The van der Waals surface area contributed by atoms with Gasteiger partial charge in [-0.15, -0.1) is 0 Å². The molecule has 2 rings (SSSR count). The number of anilines is 1. The van der Waals surface area contributed by atoms with Crippen molar-refractivity contribution in [3.63, 3.8) is 0 Å². The highest BCUT2D eigenvalue weighted by Gasteiger charge is 2.09. The van der Waals surface area contributed by atoms with Crippen molar-refractivity contribution < 1.29 is 4.79 Å². The number of rotatable bonds is 5. The molecule has 2 aromatic carbocycles. The molecule has 0 fully saturated rings. The summed E-state index contributed by atoms with van der Waals surface area (Å²) in [5.41, 5.74) is 2.13. The maximum absolute atomic E-state index is 11.9. The maximum atomic E-state index is 11.9. The van der Waals surface area contributed by atoms with E-state index < -0.39 is 0 Å². The van der Waals surface area contributed by atoms with Gasteiger partial charge in [-0.2, -0.15) is 5.26 Å². The zero-order valence-electron chi connectivity index (χ0n) is 11.8. The Labute approximate surface area is 124 Å². The molecule has 106 valence electrons. The van der Waals surface area contributed by atoms with Crippen LogP contribution in [-0.4, -0.2) is 12.5 Å². The Kier molecular flexibility index (Phi) is 5.08. The second-order valence-electron chi connectivity index (χ2n) is 4.72. The van der Waals surface area contributed by atoms with Crippen molar-refractivity contribution in [1.29, 1.82) is 5.26 Å². The number of carbonyl (C=O) groups excluding carboxylic acids is 1. The second kappa shape index (κ2) is 7.22. The van der Waals surface area contributed by atoms with Crippen molar-refractivity contribution >= 4 is 11.6 Å². The Morgan fingerprint density at radius 2 is 1.81 bits per heavy atom. The highest BCUT2D eigenvalue weighted by atomic mass is 16.1. The van der Waals surface area contributed by atoms with Crippen LogP contribution >= 0.6 is 0 Å². The van der Waals surface area contributed by atoms with Gasteiger partial charge in [0.25, 0.3) is 0 Å². The Bertz CT molecular complexity index is 647. The molecule has 0 saturated carbocycles. The maximum Gasteiger partial charge on any atom is 0.238 e. The molecule has 0 aliphatic carbocycles. The normalized spacial score (nSPS) is 11.4. The van der Waals surface area contributed by atoms with Gasteiger partial charge in [-0.3, -0.25) is 4.79 Å². The molecule has 1 unspecified atom stereocenters. The fourth-order valence-electron chi connectivity index (χ4n) is 1.99. The summed E-state index contributed by atoms with van der Waals surface area (Å²) in [6.07, 6.45) is 0. The van der Waals surface area contributed by atoms with E-state index in [1.165, 1.54) is 0 Å². The van der Waals surface area contributed by atoms with Gasteiger partial charge in [0.15, 0.2) is 0 Å². The van der Waals surface area contributed by atoms with Crippen LogP contribution in [0.15, 0.2) is 54.6 Å². The van der Waals surface area contributed by atoms with E-state index in [0.29, 0.717) is 11.3 Å². The minimum atomic E-state index is -0.166. The van der Waals surface area contributed by atoms with Crippen LogP contribution in [0.25, 0.3) is 0 Å². The first-order chi connectivity index (χ1) is 10.2. The number of para-hydroxylation sites is 1. The Morgan fingerprint density at radius 1 is 1.14 bits per heavy atom. The Morgan fingerprint density at radius 3 is 2.52 bits per heavy atom. The molecule has 0 spiro atoms. The summed E-state index contributed by atoms with van der Waals surface area (Å²) in [6, 6.07) is 19.0. The summed E-state index contributed by atoms with van der Waals surface area (Å²) in [5.74, 6) is -0.166. The molecule has 2 aromatic rings. The number of nitrogens with zero attached hydrogens (tertiary/aromatic N) is 1. The number of benzene rings is 2. The lowest BCUT2D eigenvalue weighted by Gasteiger charge is -2.14. The topological polar surface area (TPSA) is 64.9 Å². The lowest BCUT2D eigenvalue weighted by molar-refractivity contribution is -0.115. The lowest BCUT2D eigenvalue weighted by atomic mass is 10.1. The van der Waals surface area contributed by atoms with E-state index in [-0.39, 0.29) is 18.5 Å². The molecule has 0 heterocycles. The van der Waals surface area contributed by atoms with E-state index in [9.17, 15) is 4.79 Å². The predicted molar refractivity (Wildman–Crippen MR) is 82.6 cm³/mol. The minimum absolute atomic E-state index is 0.0863. The molecule has 4 heteroatoms. The fourth-order valence-corrected chi connectivity index (χ4v) is 1.99. The van der Waals surface area contributed by atoms with Gasteiger partial charge in [-0.05, 0) is 24.6 Å². The van der Waals surface area contributed by atoms with Crippen LogP contribution in [0.3, 0.4) is 0 Å². The standard InChI is InChI=1S/C17H17N3O/c1-13(14-7-3-2-4-8-14)19-12-17(21)20-16-10-6-5-9-15(16)11-18/h2-10,13,19H,12H2,1H3,(H,20,21). The van der Waals surface area contributed by atoms with Crippen LogP contribution in [-0.2, 0) is 4.79 Å². The fraction of sp³-hybridized carbons (Fsp3) is 0.176. The zero-order chi connectivity index (χ0) is 15.1. The summed E-state index contributed by atoms with van der Waals surface area (Å²) in [5, 5.41) is 14.9. The van der Waals surface area contributed by atoms with Crippen molar-refractivity contribution in [2.24, 2.45) is 0 Å². The number of carbonyl (C=O) groups is 1. The molecule has 1 amide bonds. The number of hydrogen-bond acceptors (Lipinski definition) is 3. The van der Waals surface area contributed by atoms with E-state index in [1.807, 2.05) is 37.3 Å². The van der Waals surface area contributed by atoms with E-state index in [1.54, 1.807) is 24.3 Å². The predicted octanol–water partition coefficient (Wildman–Crippen LogP) is 2.85. The van der Waals surface area contributed by atoms with E-state index >= 15 is 0 Å². The first kappa shape index (κ1) is 14.8. The SMILES string of the molecule is CC(NCC(=O)Nc1ccccc1C#N)c1ccccc1. The van der Waals surface area contributed by atoms with Gasteiger partial charge >= 0.3 is 0 Å². The summed E-state index contributed by atoms with van der Waals surface area (Å²) in [6.45, 7) is 2.20. The Hall–Kier alpha value is -2.64. The molecule has 4 nitrogen and oxygen atoms in total. The van der Waals surface area contributed by atoms with Gasteiger partial charge in [0.1, 0.15) is 6.07 Å². The molecule has 21 heavy (non-hydrogen) atoms. The highest BCUT2D eigenvalue weighted by molar-refractivity contribution is 5.93. The first-order valence-corrected chi connectivity index (χ1v) is 6.78. The van der Waals surface area contributed by atoms with Crippen molar-refractivity contribution in [3.05, 3.63) is 65.7 Å². The number of nitriles is 1. The molecular formula is C17H17N3O. The smallest absolute Gasteiger partial charge is 0.238 e. The number of nitrogens with one attached hydrogen (secondary N) is 2. The molecule has 0 aliphatic heterocycles. The molecule has 0 aromatic heterocycles. The van der Waals surface area contributed by atoms with Crippen LogP contribution in [0.4, 0.5) is 5.69 Å². The third kappa shape index (κ3) is 4.16. The van der Waals surface area contributed by atoms with Gasteiger partial charge in [0, 0.05) is 6.04 Å². The van der Waals surface area contributed by atoms with Crippen LogP contribution in [0.2, 0.25) is 0 Å². The molecule has 2 N–H and O–H groups in total. The summed E-state index contributed by atoms with van der Waals surface area (Å²) in [4.78, 5) is 11.9. The summed E-state index contributed by atoms with van der Waals surface area (Å²) in [7, 11) is 0. The van der Waals surface area contributed by atoms with Crippen LogP contribution in [0, 0.1) is 11.3 Å². The highest BCUT2D eigenvalue weighted by Crippen LogP contribution is 2.14. The second-order valence-corrected chi connectivity index (χ2v) is 4.72. The summed E-state index contributed by atoms with van der Waals surface area (Å²) >= 11 is 0. The van der Waals surface area contributed by atoms with Gasteiger partial charge in [0.2, 0.25) is 5.91 Å². The Balaban J connectivity index is 1.90. The minimum Gasteiger partial charge on any atom is -0.324 e. The van der Waals surface area contributed by atoms with Crippen molar-refractivity contribution in [1.82, 2.24) is 5.32 Å². The molecular weight excluding hydrogens is 262 g/mol. The van der Waals surface area contributed by atoms with Gasteiger partial charge in [-0.25, -0.2) is 0 Å². The average Bonchev–Trinajstić information content (AvgIpc) is 2.54. The van der Waals surface area contributed by atoms with Crippen LogP contribution < -0.4 is 10.6 Å². The van der Waals surface area contributed by atoms with Crippen molar-refractivity contribution in [3.8, 4) is 6.07 Å². The van der Waals surface area contributed by atoms with E-state index in [0.717, 1.165) is 5.56 Å². The molecule has 0 radical (unpaired) electrons. The molecule has 0 aliphatic rings. The molecule has 1 atom stereocenters. The van der Waals surface area contributed by atoms with Gasteiger partial charge in [0.05, 0.1) is 17.8 Å². The summed E-state index contributed by atoms with van der Waals surface area (Å²) < 4.78 is 0. The quantitative estimate of drug-likeness (QED) is 0.884. The van der Waals surface area contributed by atoms with Crippen LogP contribution in [0.5, 0.6) is 0 Å². The molecule has 0 saturated heterocycles. The lowest BCUT2D eigenvalue weighted by Crippen LogP contribution is -2.30.